The maximum atomic E-state index is 5.75. The quantitative estimate of drug-likeness (QED) is 0.770. The van der Waals surface area contributed by atoms with E-state index in [9.17, 15) is 0 Å². The van der Waals surface area contributed by atoms with E-state index in [2.05, 4.69) is 37.3 Å². The summed E-state index contributed by atoms with van der Waals surface area (Å²) in [5.41, 5.74) is 7.05. The predicted molar refractivity (Wildman–Crippen MR) is 80.5 cm³/mol. The van der Waals surface area contributed by atoms with Gasteiger partial charge in [-0.15, -0.1) is 22.7 Å². The first-order valence-corrected chi connectivity index (χ1v) is 7.09. The summed E-state index contributed by atoms with van der Waals surface area (Å²) < 4.78 is 0. The van der Waals surface area contributed by atoms with Crippen molar-refractivity contribution in [3.63, 3.8) is 0 Å². The molecule has 0 atom stereocenters. The summed E-state index contributed by atoms with van der Waals surface area (Å²) in [4.78, 5) is 3.84. The van der Waals surface area contributed by atoms with E-state index in [-0.39, 0.29) is 0 Å². The Morgan fingerprint density at radius 3 is 2.47 bits per heavy atom. The van der Waals surface area contributed by atoms with Gasteiger partial charge in [0.05, 0.1) is 5.00 Å². The largest absolute Gasteiger partial charge is 0.391 e. The molecule has 2 aromatic rings. The van der Waals surface area contributed by atoms with Gasteiger partial charge in [0.1, 0.15) is 0 Å². The highest BCUT2D eigenvalue weighted by Gasteiger charge is 2.05. The van der Waals surface area contributed by atoms with E-state index < -0.39 is 0 Å². The average molecular weight is 261 g/mol. The van der Waals surface area contributed by atoms with Gasteiger partial charge in [-0.25, -0.2) is 0 Å². The first-order valence-electron chi connectivity index (χ1n) is 5.46. The third kappa shape index (κ3) is 2.87. The smallest absolute Gasteiger partial charge is 0.0863 e. The summed E-state index contributed by atoms with van der Waals surface area (Å²) in [7, 11) is 0. The average Bonchev–Trinajstić information content (AvgIpc) is 2.93. The molecule has 0 fully saturated rings. The third-order valence-electron chi connectivity index (χ3n) is 2.40. The molecular formula is C14H15NS2. The highest BCUT2D eigenvalue weighted by atomic mass is 32.1. The Hall–Kier alpha value is -1.32. The zero-order valence-electron chi connectivity index (χ0n) is 9.94. The summed E-state index contributed by atoms with van der Waals surface area (Å²) >= 11 is 3.45. The number of nitrogens with two attached hydrogens (primary N) is 1. The fourth-order valence-electron chi connectivity index (χ4n) is 1.49. The number of rotatable bonds is 3. The van der Waals surface area contributed by atoms with Crippen LogP contribution in [0, 0.1) is 0 Å². The molecule has 0 amide bonds. The second-order valence-corrected chi connectivity index (χ2v) is 5.94. The van der Waals surface area contributed by atoms with Gasteiger partial charge < -0.3 is 5.73 Å². The molecule has 0 unspecified atom stereocenters. The van der Waals surface area contributed by atoms with Crippen molar-refractivity contribution in [3.8, 4) is 9.75 Å². The zero-order valence-corrected chi connectivity index (χ0v) is 11.6. The van der Waals surface area contributed by atoms with Crippen LogP contribution in [0.1, 0.15) is 18.7 Å². The summed E-state index contributed by atoms with van der Waals surface area (Å²) in [6.07, 6.45) is 6.24. The first-order chi connectivity index (χ1) is 8.20. The minimum atomic E-state index is 0.871. The SMILES string of the molecule is CC=CC=C(C)c1ccc(-c2ccc(N)s2)s1. The van der Waals surface area contributed by atoms with Crippen LogP contribution in [0.2, 0.25) is 0 Å². The fourth-order valence-corrected chi connectivity index (χ4v) is 3.34. The molecule has 0 saturated heterocycles. The van der Waals surface area contributed by atoms with Gasteiger partial charge in [-0.3, -0.25) is 0 Å². The van der Waals surface area contributed by atoms with Crippen LogP contribution >= 0.6 is 22.7 Å². The molecule has 1 nitrogen and oxygen atoms in total. The van der Waals surface area contributed by atoms with Crippen LogP contribution in [0.25, 0.3) is 15.3 Å². The van der Waals surface area contributed by atoms with Gasteiger partial charge >= 0.3 is 0 Å². The van der Waals surface area contributed by atoms with Crippen LogP contribution in [0.4, 0.5) is 5.00 Å². The molecule has 0 spiro atoms. The van der Waals surface area contributed by atoms with Gasteiger partial charge in [-0.1, -0.05) is 18.2 Å². The van der Waals surface area contributed by atoms with Gasteiger partial charge in [-0.2, -0.15) is 0 Å². The maximum Gasteiger partial charge on any atom is 0.0863 e. The minimum absolute atomic E-state index is 0.871. The van der Waals surface area contributed by atoms with E-state index in [0.717, 1.165) is 5.00 Å². The first kappa shape index (κ1) is 12.1. The molecule has 3 heteroatoms. The summed E-state index contributed by atoms with van der Waals surface area (Å²) in [6.45, 7) is 4.16. The lowest BCUT2D eigenvalue weighted by Crippen LogP contribution is -1.72. The number of allylic oxidation sites excluding steroid dienone is 4. The van der Waals surface area contributed by atoms with E-state index in [4.69, 9.17) is 5.73 Å². The minimum Gasteiger partial charge on any atom is -0.391 e. The van der Waals surface area contributed by atoms with Crippen molar-refractivity contribution >= 4 is 33.2 Å². The monoisotopic (exact) mass is 261 g/mol. The standard InChI is InChI=1S/C14H15NS2/c1-3-4-5-10(2)11-6-7-12(16-11)13-8-9-14(15)17-13/h3-9H,15H2,1-2H3. The lowest BCUT2D eigenvalue weighted by Gasteiger charge is -1.93. The highest BCUT2D eigenvalue weighted by Crippen LogP contribution is 2.36. The Kier molecular flexibility index (Phi) is 3.82. The summed E-state index contributed by atoms with van der Waals surface area (Å²) in [5, 5.41) is 0.871. The molecule has 0 aliphatic rings. The van der Waals surface area contributed by atoms with E-state index in [1.807, 2.05) is 30.4 Å². The van der Waals surface area contributed by atoms with Crippen LogP contribution in [-0.4, -0.2) is 0 Å². The Bertz CT molecular complexity index is 558. The maximum absolute atomic E-state index is 5.75. The molecule has 0 radical (unpaired) electrons. The highest BCUT2D eigenvalue weighted by molar-refractivity contribution is 7.24. The molecule has 0 aromatic carbocycles. The second kappa shape index (κ2) is 5.34. The molecule has 88 valence electrons. The van der Waals surface area contributed by atoms with E-state index in [1.165, 1.54) is 20.2 Å². The van der Waals surface area contributed by atoms with Crippen molar-refractivity contribution in [2.75, 3.05) is 5.73 Å². The van der Waals surface area contributed by atoms with Crippen molar-refractivity contribution in [1.82, 2.24) is 0 Å². The fraction of sp³-hybridized carbons (Fsp3) is 0.143. The Labute approximate surface area is 110 Å². The lowest BCUT2D eigenvalue weighted by molar-refractivity contribution is 1.68. The molecule has 0 aliphatic heterocycles. The Balaban J connectivity index is 2.27. The van der Waals surface area contributed by atoms with Gasteiger partial charge in [0.2, 0.25) is 0 Å². The molecular weight excluding hydrogens is 246 g/mol. The Morgan fingerprint density at radius 1 is 1.12 bits per heavy atom. The molecule has 2 N–H and O–H groups in total. The van der Waals surface area contributed by atoms with Crippen LogP contribution in [0.3, 0.4) is 0 Å². The van der Waals surface area contributed by atoms with Gasteiger partial charge in [0.25, 0.3) is 0 Å². The van der Waals surface area contributed by atoms with E-state index >= 15 is 0 Å². The number of nitrogen functional groups attached to an aromatic ring is 1. The normalized spacial score (nSPS) is 12.5. The van der Waals surface area contributed by atoms with Gasteiger partial charge in [-0.05, 0) is 43.7 Å². The van der Waals surface area contributed by atoms with Crippen LogP contribution in [-0.2, 0) is 0 Å². The Morgan fingerprint density at radius 2 is 1.82 bits per heavy atom. The molecule has 17 heavy (non-hydrogen) atoms. The van der Waals surface area contributed by atoms with Crippen molar-refractivity contribution < 1.29 is 0 Å². The van der Waals surface area contributed by atoms with Crippen LogP contribution in [0.5, 0.6) is 0 Å². The second-order valence-electron chi connectivity index (χ2n) is 3.74. The number of thiophene rings is 2. The number of hydrogen-bond donors (Lipinski definition) is 1. The zero-order chi connectivity index (χ0) is 12.3. The van der Waals surface area contributed by atoms with Gasteiger partial charge in [0, 0.05) is 14.6 Å². The summed E-state index contributed by atoms with van der Waals surface area (Å²) in [5.74, 6) is 0. The topological polar surface area (TPSA) is 26.0 Å². The molecule has 0 bridgehead atoms. The van der Waals surface area contributed by atoms with Crippen molar-refractivity contribution in [2.24, 2.45) is 0 Å². The van der Waals surface area contributed by atoms with Crippen molar-refractivity contribution in [2.45, 2.75) is 13.8 Å². The molecule has 2 heterocycles. The predicted octanol–water partition coefficient (Wildman–Crippen LogP) is 5.04. The molecule has 0 aliphatic carbocycles. The van der Waals surface area contributed by atoms with E-state index in [0.29, 0.717) is 0 Å². The van der Waals surface area contributed by atoms with Crippen molar-refractivity contribution in [3.05, 3.63) is 47.4 Å². The van der Waals surface area contributed by atoms with Crippen molar-refractivity contribution in [1.29, 1.82) is 0 Å². The molecule has 0 saturated carbocycles. The molecule has 2 aromatic heterocycles. The molecule has 2 rings (SSSR count). The number of anilines is 1. The van der Waals surface area contributed by atoms with Gasteiger partial charge in [0.15, 0.2) is 0 Å². The van der Waals surface area contributed by atoms with Crippen LogP contribution in [0.15, 0.2) is 42.5 Å². The lowest BCUT2D eigenvalue weighted by atomic mass is 10.2. The van der Waals surface area contributed by atoms with Crippen LogP contribution < -0.4 is 5.73 Å². The number of hydrogen-bond acceptors (Lipinski definition) is 3. The third-order valence-corrected chi connectivity index (χ3v) is 4.73. The summed E-state index contributed by atoms with van der Waals surface area (Å²) in [6, 6.07) is 8.38. The van der Waals surface area contributed by atoms with E-state index in [1.54, 1.807) is 11.3 Å².